The van der Waals surface area contributed by atoms with Gasteiger partial charge in [-0.3, -0.25) is 0 Å². The first kappa shape index (κ1) is 14.6. The van der Waals surface area contributed by atoms with Crippen LogP contribution in [0.4, 0.5) is 0 Å². The Morgan fingerprint density at radius 3 is 2.53 bits per heavy atom. The van der Waals surface area contributed by atoms with Crippen molar-refractivity contribution in [2.45, 2.75) is 38.6 Å². The molecule has 17 heavy (non-hydrogen) atoms. The Morgan fingerprint density at radius 2 is 1.94 bits per heavy atom. The lowest BCUT2D eigenvalue weighted by Gasteiger charge is -2.21. The molecule has 3 N–H and O–H groups in total. The molecule has 1 aliphatic rings. The molecular weight excluding hydrogens is 257 g/mol. The van der Waals surface area contributed by atoms with Gasteiger partial charge in [0.25, 0.3) is 0 Å². The van der Waals surface area contributed by atoms with Crippen LogP contribution >= 0.6 is 24.0 Å². The zero-order chi connectivity index (χ0) is 11.7. The van der Waals surface area contributed by atoms with E-state index in [2.05, 4.69) is 0 Å². The van der Waals surface area contributed by atoms with Crippen LogP contribution in [0.25, 0.3) is 0 Å². The number of rotatable bonds is 2. The average Bonchev–Trinajstić information content (AvgIpc) is 2.75. The quantitative estimate of drug-likeness (QED) is 0.858. The largest absolute Gasteiger partial charge is 0.507 e. The molecule has 0 spiro atoms. The maximum absolute atomic E-state index is 10.0. The van der Waals surface area contributed by atoms with Gasteiger partial charge in [0.2, 0.25) is 0 Å². The topological polar surface area (TPSA) is 46.2 Å². The van der Waals surface area contributed by atoms with Crippen molar-refractivity contribution in [1.29, 1.82) is 0 Å². The zero-order valence-corrected chi connectivity index (χ0v) is 11.5. The highest BCUT2D eigenvalue weighted by atomic mass is 35.5. The summed E-state index contributed by atoms with van der Waals surface area (Å²) in [6.07, 6.45) is 4.82. The molecule has 2 nitrogen and oxygen atoms in total. The van der Waals surface area contributed by atoms with Gasteiger partial charge in [0.15, 0.2) is 0 Å². The Bertz CT molecular complexity index is 389. The SMILES string of the molecule is Cc1cc(Cl)cc([C@@H](N)C2CCCC2)c1O.Cl. The molecular formula is C13H19Cl2NO. The lowest BCUT2D eigenvalue weighted by atomic mass is 9.91. The van der Waals surface area contributed by atoms with Crippen LogP contribution in [0.1, 0.15) is 42.9 Å². The first-order valence-corrected chi connectivity index (χ1v) is 6.22. The molecule has 1 saturated carbocycles. The summed E-state index contributed by atoms with van der Waals surface area (Å²) >= 11 is 6.01. The minimum Gasteiger partial charge on any atom is -0.507 e. The number of aromatic hydroxyl groups is 1. The molecule has 2 rings (SSSR count). The van der Waals surface area contributed by atoms with Crippen molar-refractivity contribution in [3.63, 3.8) is 0 Å². The van der Waals surface area contributed by atoms with Crippen molar-refractivity contribution in [1.82, 2.24) is 0 Å². The van der Waals surface area contributed by atoms with E-state index in [1.54, 1.807) is 12.1 Å². The second kappa shape index (κ2) is 5.94. The van der Waals surface area contributed by atoms with Gasteiger partial charge in [0, 0.05) is 16.6 Å². The van der Waals surface area contributed by atoms with Gasteiger partial charge in [-0.2, -0.15) is 0 Å². The molecule has 1 aromatic carbocycles. The second-order valence-corrected chi connectivity index (χ2v) is 5.17. The average molecular weight is 276 g/mol. The first-order chi connectivity index (χ1) is 7.59. The molecule has 1 aromatic rings. The van der Waals surface area contributed by atoms with Crippen molar-refractivity contribution >= 4 is 24.0 Å². The van der Waals surface area contributed by atoms with Crippen LogP contribution in [0.2, 0.25) is 5.02 Å². The Kier molecular flexibility index (Phi) is 5.11. The van der Waals surface area contributed by atoms with Gasteiger partial charge in [-0.15, -0.1) is 12.4 Å². The van der Waals surface area contributed by atoms with E-state index >= 15 is 0 Å². The number of nitrogens with two attached hydrogens (primary N) is 1. The summed E-state index contributed by atoms with van der Waals surface area (Å²) in [5.41, 5.74) is 7.82. The third kappa shape index (κ3) is 3.06. The van der Waals surface area contributed by atoms with Crippen LogP contribution in [0, 0.1) is 12.8 Å². The van der Waals surface area contributed by atoms with Crippen LogP contribution in [0.15, 0.2) is 12.1 Å². The van der Waals surface area contributed by atoms with Crippen molar-refractivity contribution in [2.75, 3.05) is 0 Å². The smallest absolute Gasteiger partial charge is 0.123 e. The highest BCUT2D eigenvalue weighted by Gasteiger charge is 2.25. The van der Waals surface area contributed by atoms with Gasteiger partial charge in [-0.05, 0) is 43.4 Å². The van der Waals surface area contributed by atoms with Crippen LogP contribution in [-0.4, -0.2) is 5.11 Å². The van der Waals surface area contributed by atoms with Crippen LogP contribution in [-0.2, 0) is 0 Å². The Balaban J connectivity index is 0.00000144. The van der Waals surface area contributed by atoms with Crippen molar-refractivity contribution in [2.24, 2.45) is 11.7 Å². The molecule has 1 atom stereocenters. The summed E-state index contributed by atoms with van der Waals surface area (Å²) < 4.78 is 0. The monoisotopic (exact) mass is 275 g/mol. The molecule has 0 aliphatic heterocycles. The van der Waals surface area contributed by atoms with Crippen molar-refractivity contribution in [3.05, 3.63) is 28.3 Å². The zero-order valence-electron chi connectivity index (χ0n) is 9.95. The van der Waals surface area contributed by atoms with E-state index in [0.717, 1.165) is 24.0 Å². The fourth-order valence-electron chi connectivity index (χ4n) is 2.59. The number of halogens is 2. The van der Waals surface area contributed by atoms with E-state index < -0.39 is 0 Å². The minimum absolute atomic E-state index is 0. The van der Waals surface area contributed by atoms with Gasteiger partial charge in [0.1, 0.15) is 5.75 Å². The molecule has 4 heteroatoms. The van der Waals surface area contributed by atoms with Gasteiger partial charge < -0.3 is 10.8 Å². The van der Waals surface area contributed by atoms with Crippen LogP contribution in [0.3, 0.4) is 0 Å². The fourth-order valence-corrected chi connectivity index (χ4v) is 2.87. The Hall–Kier alpha value is -0.440. The summed E-state index contributed by atoms with van der Waals surface area (Å²) in [4.78, 5) is 0. The predicted molar refractivity (Wildman–Crippen MR) is 74.0 cm³/mol. The lowest BCUT2D eigenvalue weighted by molar-refractivity contribution is 0.410. The molecule has 1 fully saturated rings. The summed E-state index contributed by atoms with van der Waals surface area (Å²) in [7, 11) is 0. The van der Waals surface area contributed by atoms with Crippen molar-refractivity contribution in [3.8, 4) is 5.75 Å². The van der Waals surface area contributed by atoms with E-state index in [0.29, 0.717) is 16.7 Å². The van der Waals surface area contributed by atoms with E-state index in [9.17, 15) is 5.11 Å². The predicted octanol–water partition coefficient (Wildman–Crippen LogP) is 3.97. The maximum Gasteiger partial charge on any atom is 0.123 e. The maximum atomic E-state index is 10.0. The molecule has 96 valence electrons. The Labute approximate surface area is 114 Å². The van der Waals surface area contributed by atoms with Crippen LogP contribution in [0.5, 0.6) is 5.75 Å². The summed E-state index contributed by atoms with van der Waals surface area (Å²) in [6, 6.07) is 3.48. The van der Waals surface area contributed by atoms with E-state index in [4.69, 9.17) is 17.3 Å². The summed E-state index contributed by atoms with van der Waals surface area (Å²) in [5, 5.41) is 10.7. The van der Waals surface area contributed by atoms with Crippen molar-refractivity contribution < 1.29 is 5.11 Å². The van der Waals surface area contributed by atoms with Gasteiger partial charge >= 0.3 is 0 Å². The number of benzene rings is 1. The number of hydrogen-bond donors (Lipinski definition) is 2. The molecule has 0 radical (unpaired) electrons. The van der Waals surface area contributed by atoms with Gasteiger partial charge in [0.05, 0.1) is 0 Å². The summed E-state index contributed by atoms with van der Waals surface area (Å²) in [5.74, 6) is 0.799. The molecule has 0 saturated heterocycles. The molecule has 0 unspecified atom stereocenters. The number of phenolic OH excluding ortho intramolecular Hbond substituents is 1. The van der Waals surface area contributed by atoms with Crippen LogP contribution < -0.4 is 5.73 Å². The molecule has 0 bridgehead atoms. The van der Waals surface area contributed by atoms with Gasteiger partial charge in [-0.25, -0.2) is 0 Å². The van der Waals surface area contributed by atoms with E-state index in [-0.39, 0.29) is 18.4 Å². The normalized spacial score (nSPS) is 17.8. The standard InChI is InChI=1S/C13H18ClNO.ClH/c1-8-6-10(14)7-11(13(8)16)12(15)9-4-2-3-5-9;/h6-7,9,12,16H,2-5,15H2,1H3;1H/t12-;/m0./s1. The third-order valence-electron chi connectivity index (χ3n) is 3.56. The van der Waals surface area contributed by atoms with Gasteiger partial charge in [-0.1, -0.05) is 24.4 Å². The minimum atomic E-state index is -0.0834. The summed E-state index contributed by atoms with van der Waals surface area (Å²) in [6.45, 7) is 1.85. The number of phenols is 1. The van der Waals surface area contributed by atoms with E-state index in [1.165, 1.54) is 12.8 Å². The Morgan fingerprint density at radius 1 is 1.35 bits per heavy atom. The first-order valence-electron chi connectivity index (χ1n) is 5.84. The molecule has 1 aliphatic carbocycles. The molecule has 0 heterocycles. The number of aryl methyl sites for hydroxylation is 1. The third-order valence-corrected chi connectivity index (χ3v) is 3.78. The molecule has 0 amide bonds. The molecule has 0 aromatic heterocycles. The fraction of sp³-hybridized carbons (Fsp3) is 0.538. The lowest BCUT2D eigenvalue weighted by Crippen LogP contribution is -2.19. The van der Waals surface area contributed by atoms with E-state index in [1.807, 2.05) is 6.92 Å². The number of hydrogen-bond acceptors (Lipinski definition) is 2. The highest BCUT2D eigenvalue weighted by Crippen LogP contribution is 2.39. The highest BCUT2D eigenvalue weighted by molar-refractivity contribution is 6.30. The second-order valence-electron chi connectivity index (χ2n) is 4.73.